The zero-order chi connectivity index (χ0) is 26.2. The van der Waals surface area contributed by atoms with Crippen LogP contribution in [0.5, 0.6) is 0 Å². The Labute approximate surface area is 220 Å². The Morgan fingerprint density at radius 3 is 2.55 bits per heavy atom. The van der Waals surface area contributed by atoms with E-state index in [-0.39, 0.29) is 23.2 Å². The van der Waals surface area contributed by atoms with Crippen LogP contribution in [0, 0.1) is 29.9 Å². The third-order valence-electron chi connectivity index (χ3n) is 9.66. The summed E-state index contributed by atoms with van der Waals surface area (Å²) in [5.41, 5.74) is 8.08. The van der Waals surface area contributed by atoms with Gasteiger partial charge in [0.25, 0.3) is 0 Å². The Morgan fingerprint density at radius 1 is 1.08 bits per heavy atom. The highest BCUT2D eigenvalue weighted by Gasteiger charge is 2.56. The molecule has 7 heteroatoms. The van der Waals surface area contributed by atoms with E-state index in [4.69, 9.17) is 9.47 Å². The largest absolute Gasteiger partial charge is 0.469 e. The number of aromatic nitrogens is 1. The van der Waals surface area contributed by atoms with Crippen molar-refractivity contribution in [1.29, 1.82) is 0 Å². The molecule has 1 spiro atoms. The summed E-state index contributed by atoms with van der Waals surface area (Å²) < 4.78 is 41.5. The van der Waals surface area contributed by atoms with Crippen LogP contribution in [0.2, 0.25) is 0 Å². The van der Waals surface area contributed by atoms with Gasteiger partial charge >= 0.3 is 5.97 Å². The van der Waals surface area contributed by atoms with Crippen LogP contribution in [-0.2, 0) is 20.8 Å². The number of hydrogen-bond donors (Lipinski definition) is 0. The molecular formula is C31H32F2N2O3. The van der Waals surface area contributed by atoms with Crippen LogP contribution in [0.3, 0.4) is 0 Å². The van der Waals surface area contributed by atoms with Gasteiger partial charge in [0.1, 0.15) is 0 Å². The number of halogens is 2. The summed E-state index contributed by atoms with van der Waals surface area (Å²) in [5, 5.41) is 1.24. The monoisotopic (exact) mass is 518 g/mol. The second-order valence-electron chi connectivity index (χ2n) is 11.8. The first-order valence-electron chi connectivity index (χ1n) is 13.7. The molecule has 5 nitrogen and oxygen atoms in total. The Hall–Kier alpha value is -3.06. The zero-order valence-electron chi connectivity index (χ0n) is 21.9. The van der Waals surface area contributed by atoms with E-state index in [0.717, 1.165) is 49.6 Å². The standard InChI is InChI=1S/C31H32F2N2O3/c1-17-23-16-34-15-19(23)9-26-27(17)28(20-11-31(12-20)13-21(14-31)30(36)37-2)29(18-5-7-38-8-6-18)35(26)22-3-4-24(32)25(33)10-22/h3-4,9-10,15,18,20-21H,5-8,11-14,16H2,1-2H3. The predicted octanol–water partition coefficient (Wildman–Crippen LogP) is 6.49. The van der Waals surface area contributed by atoms with Crippen molar-refractivity contribution in [3.63, 3.8) is 0 Å². The maximum absolute atomic E-state index is 14.6. The van der Waals surface area contributed by atoms with Crippen molar-refractivity contribution in [3.05, 3.63) is 63.8 Å². The molecular weight excluding hydrogens is 486 g/mol. The van der Waals surface area contributed by atoms with Crippen LogP contribution < -0.4 is 0 Å². The van der Waals surface area contributed by atoms with Gasteiger partial charge < -0.3 is 14.0 Å². The van der Waals surface area contributed by atoms with Crippen LogP contribution in [0.1, 0.15) is 78.3 Å². The second-order valence-corrected chi connectivity index (χ2v) is 11.8. The normalized spacial score (nSPS) is 26.4. The Kier molecular flexibility index (Phi) is 5.52. The van der Waals surface area contributed by atoms with E-state index in [1.807, 2.05) is 6.21 Å². The number of rotatable bonds is 4. The Morgan fingerprint density at radius 2 is 1.84 bits per heavy atom. The third kappa shape index (κ3) is 3.50. The van der Waals surface area contributed by atoms with Crippen LogP contribution >= 0.6 is 0 Å². The lowest BCUT2D eigenvalue weighted by Crippen LogP contribution is -2.49. The lowest BCUT2D eigenvalue weighted by atomic mass is 9.47. The van der Waals surface area contributed by atoms with Gasteiger partial charge in [-0.05, 0) is 97.2 Å². The SMILES string of the molecule is COC(=O)C1CC2(C1)CC(c1c(C3CCOCC3)n(-c3ccc(F)c(F)c3)c3cc4c(c(C)c13)CN=C4)C2. The topological polar surface area (TPSA) is 52.8 Å². The van der Waals surface area contributed by atoms with Gasteiger partial charge in [-0.1, -0.05) is 0 Å². The summed E-state index contributed by atoms with van der Waals surface area (Å²) in [7, 11) is 1.47. The minimum Gasteiger partial charge on any atom is -0.469 e. The summed E-state index contributed by atoms with van der Waals surface area (Å²) >= 11 is 0. The summed E-state index contributed by atoms with van der Waals surface area (Å²) in [6.07, 6.45) is 7.60. The number of hydrogen-bond acceptors (Lipinski definition) is 4. The van der Waals surface area contributed by atoms with Gasteiger partial charge in [-0.15, -0.1) is 0 Å². The fourth-order valence-electron chi connectivity index (χ4n) is 7.85. The minimum atomic E-state index is -0.840. The van der Waals surface area contributed by atoms with E-state index in [1.54, 1.807) is 6.07 Å². The van der Waals surface area contributed by atoms with Gasteiger partial charge in [-0.25, -0.2) is 8.78 Å². The van der Waals surface area contributed by atoms with Crippen molar-refractivity contribution >= 4 is 23.1 Å². The molecule has 2 aliphatic heterocycles. The number of nitrogens with zero attached hydrogens (tertiary/aromatic N) is 2. The van der Waals surface area contributed by atoms with Gasteiger partial charge in [0, 0.05) is 48.2 Å². The number of aryl methyl sites for hydroxylation is 1. The van der Waals surface area contributed by atoms with Crippen molar-refractivity contribution in [1.82, 2.24) is 4.57 Å². The van der Waals surface area contributed by atoms with Crippen LogP contribution in [0.25, 0.3) is 16.6 Å². The number of esters is 1. The Balaban J connectivity index is 1.41. The molecule has 0 bridgehead atoms. The van der Waals surface area contributed by atoms with Crippen molar-refractivity contribution in [2.24, 2.45) is 16.3 Å². The minimum absolute atomic E-state index is 0.0154. The summed E-state index contributed by atoms with van der Waals surface area (Å²) in [5.74, 6) is -1.13. The molecule has 2 aromatic carbocycles. The predicted molar refractivity (Wildman–Crippen MR) is 141 cm³/mol. The number of benzene rings is 2. The molecule has 3 aromatic rings. The highest BCUT2D eigenvalue weighted by Crippen LogP contribution is 2.66. The molecule has 38 heavy (non-hydrogen) atoms. The van der Waals surface area contributed by atoms with E-state index in [2.05, 4.69) is 22.5 Å². The molecule has 2 aliphatic carbocycles. The molecule has 3 fully saturated rings. The average molecular weight is 519 g/mol. The molecule has 3 heterocycles. The number of aliphatic imine (C=N–C) groups is 1. The first kappa shape index (κ1) is 24.0. The molecule has 2 saturated carbocycles. The van der Waals surface area contributed by atoms with Crippen molar-refractivity contribution < 1.29 is 23.0 Å². The van der Waals surface area contributed by atoms with Gasteiger partial charge in [0.2, 0.25) is 0 Å². The maximum atomic E-state index is 14.6. The number of fused-ring (bicyclic) bond motifs is 2. The molecule has 1 saturated heterocycles. The molecule has 0 unspecified atom stereocenters. The zero-order valence-corrected chi connectivity index (χ0v) is 21.9. The molecule has 0 amide bonds. The maximum Gasteiger partial charge on any atom is 0.308 e. The molecule has 1 aromatic heterocycles. The molecule has 0 radical (unpaired) electrons. The van der Waals surface area contributed by atoms with E-state index >= 15 is 0 Å². The fraction of sp³-hybridized carbons (Fsp3) is 0.484. The second kappa shape index (κ2) is 8.73. The smallest absolute Gasteiger partial charge is 0.308 e. The molecule has 4 aliphatic rings. The van der Waals surface area contributed by atoms with Crippen molar-refractivity contribution in [2.45, 2.75) is 63.8 Å². The summed E-state index contributed by atoms with van der Waals surface area (Å²) in [6, 6.07) is 6.43. The highest BCUT2D eigenvalue weighted by molar-refractivity contribution is 5.99. The number of methoxy groups -OCH3 is 1. The molecule has 198 valence electrons. The van der Waals surface area contributed by atoms with Gasteiger partial charge in [0.05, 0.1) is 25.1 Å². The summed E-state index contributed by atoms with van der Waals surface area (Å²) in [4.78, 5) is 16.6. The first-order valence-corrected chi connectivity index (χ1v) is 13.7. The van der Waals surface area contributed by atoms with E-state index in [1.165, 1.54) is 47.0 Å². The lowest BCUT2D eigenvalue weighted by molar-refractivity contribution is -0.159. The Bertz CT molecular complexity index is 1490. The molecule has 7 rings (SSSR count). The molecule has 0 atom stereocenters. The van der Waals surface area contributed by atoms with Gasteiger partial charge in [0.15, 0.2) is 11.6 Å². The van der Waals surface area contributed by atoms with Crippen LogP contribution in [0.15, 0.2) is 29.3 Å². The number of carbonyl (C=O) groups excluding carboxylic acids is 1. The van der Waals surface area contributed by atoms with Gasteiger partial charge in [-0.3, -0.25) is 9.79 Å². The van der Waals surface area contributed by atoms with Crippen LogP contribution in [0.4, 0.5) is 8.78 Å². The fourth-order valence-corrected chi connectivity index (χ4v) is 7.85. The number of ether oxygens (including phenoxy) is 2. The molecule has 0 N–H and O–H groups in total. The average Bonchev–Trinajstić information content (AvgIpc) is 3.48. The van der Waals surface area contributed by atoms with E-state index < -0.39 is 11.6 Å². The number of carbonyl (C=O) groups is 1. The van der Waals surface area contributed by atoms with E-state index in [9.17, 15) is 13.6 Å². The quantitative estimate of drug-likeness (QED) is 0.371. The first-order chi connectivity index (χ1) is 18.4. The van der Waals surface area contributed by atoms with Crippen LogP contribution in [-0.4, -0.2) is 37.1 Å². The van der Waals surface area contributed by atoms with Gasteiger partial charge in [-0.2, -0.15) is 0 Å². The highest BCUT2D eigenvalue weighted by atomic mass is 19.2. The van der Waals surface area contributed by atoms with Crippen molar-refractivity contribution in [2.75, 3.05) is 20.3 Å². The van der Waals surface area contributed by atoms with E-state index in [0.29, 0.717) is 31.4 Å². The summed E-state index contributed by atoms with van der Waals surface area (Å²) in [6.45, 7) is 4.25. The lowest BCUT2D eigenvalue weighted by Gasteiger charge is -2.57. The third-order valence-corrected chi connectivity index (χ3v) is 9.66. The van der Waals surface area contributed by atoms with Crippen molar-refractivity contribution in [3.8, 4) is 5.69 Å².